The summed E-state index contributed by atoms with van der Waals surface area (Å²) in [5, 5.41) is 13.6. The third kappa shape index (κ3) is 21.3. The number of carbonyl (C=O) groups is 8. The van der Waals surface area contributed by atoms with E-state index in [4.69, 9.17) is 18.9 Å². The Morgan fingerprint density at radius 2 is 1.23 bits per heavy atom. The molecule has 1 unspecified atom stereocenters. The standard InChI is InChI=1S/C52H77FN6O12/c1-33(2)28-36(31-41(60)39(29-34-18-14-13-15-19-34)56-43(62)40(57-47(66)70-50(6,7)8)30-35-21-23-37(53)24-22-35)42(61)55-38(20-16-17-26-54-46(65)69-49(3,4)5)44(63)59-27-25-52(32-59,45(64)68-12)58-48(67)71-51(9,10)11/h13-15,18-19,21-24,33,36,38-40H,16-17,20,25-32H2,1-12H3,(H,54,65)(H,55,61)(H,56,62)(H,57,66)(H,58,67)/t36-,38+,39+,40+,52?/m0/s1. The number of alkyl carbamates (subject to hydrolysis) is 3. The van der Waals surface area contributed by atoms with Crippen molar-refractivity contribution in [3.8, 4) is 0 Å². The second kappa shape index (κ2) is 26.3. The van der Waals surface area contributed by atoms with Crippen molar-refractivity contribution in [1.29, 1.82) is 0 Å². The van der Waals surface area contributed by atoms with E-state index in [0.717, 1.165) is 0 Å². The molecule has 0 aliphatic carbocycles. The van der Waals surface area contributed by atoms with Gasteiger partial charge in [0.25, 0.3) is 0 Å². The average Bonchev–Trinajstić information content (AvgIpc) is 3.68. The second-order valence-corrected chi connectivity index (χ2v) is 21.5. The Morgan fingerprint density at radius 3 is 1.80 bits per heavy atom. The van der Waals surface area contributed by atoms with Crippen LogP contribution in [0.5, 0.6) is 0 Å². The van der Waals surface area contributed by atoms with E-state index in [2.05, 4.69) is 26.6 Å². The van der Waals surface area contributed by atoms with Gasteiger partial charge in [-0.2, -0.15) is 0 Å². The van der Waals surface area contributed by atoms with Crippen LogP contribution in [0.2, 0.25) is 0 Å². The van der Waals surface area contributed by atoms with Crippen molar-refractivity contribution in [3.63, 3.8) is 0 Å². The maximum absolute atomic E-state index is 14.6. The molecule has 2 aromatic rings. The van der Waals surface area contributed by atoms with Gasteiger partial charge in [-0.15, -0.1) is 0 Å². The first-order valence-electron chi connectivity index (χ1n) is 24.2. The highest BCUT2D eigenvalue weighted by Gasteiger charge is 2.50. The van der Waals surface area contributed by atoms with Gasteiger partial charge in [0.2, 0.25) is 17.7 Å². The minimum atomic E-state index is -1.65. The highest BCUT2D eigenvalue weighted by Crippen LogP contribution is 2.26. The van der Waals surface area contributed by atoms with Crippen LogP contribution in [0.25, 0.3) is 0 Å². The van der Waals surface area contributed by atoms with Gasteiger partial charge in [0.05, 0.1) is 19.7 Å². The zero-order chi connectivity index (χ0) is 53.3. The van der Waals surface area contributed by atoms with E-state index in [1.165, 1.54) is 36.3 Å². The minimum Gasteiger partial charge on any atom is -0.467 e. The average molecular weight is 997 g/mol. The van der Waals surface area contributed by atoms with E-state index in [0.29, 0.717) is 24.0 Å². The molecule has 1 fully saturated rings. The number of unbranched alkanes of at least 4 members (excludes halogenated alkanes) is 1. The van der Waals surface area contributed by atoms with Crippen molar-refractivity contribution >= 4 is 47.8 Å². The summed E-state index contributed by atoms with van der Waals surface area (Å²) in [6, 6.07) is 10.7. The molecule has 1 saturated heterocycles. The molecule has 6 amide bonds. The van der Waals surface area contributed by atoms with Gasteiger partial charge in [-0.05, 0) is 124 Å². The minimum absolute atomic E-state index is 0.00993. The molecule has 3 rings (SSSR count). The Labute approximate surface area is 418 Å². The summed E-state index contributed by atoms with van der Waals surface area (Å²) in [4.78, 5) is 111. The molecule has 71 heavy (non-hydrogen) atoms. The van der Waals surface area contributed by atoms with Crippen LogP contribution in [-0.2, 0) is 55.8 Å². The van der Waals surface area contributed by atoms with Gasteiger partial charge in [0.15, 0.2) is 11.3 Å². The summed E-state index contributed by atoms with van der Waals surface area (Å²) in [6.45, 7) is 18.9. The van der Waals surface area contributed by atoms with Gasteiger partial charge in [-0.3, -0.25) is 19.2 Å². The maximum atomic E-state index is 14.6. The zero-order valence-corrected chi connectivity index (χ0v) is 43.6. The summed E-state index contributed by atoms with van der Waals surface area (Å²) in [5.41, 5.74) is -2.93. The lowest BCUT2D eigenvalue weighted by atomic mass is 9.88. The fourth-order valence-electron chi connectivity index (χ4n) is 7.88. The van der Waals surface area contributed by atoms with Crippen LogP contribution in [0.15, 0.2) is 54.6 Å². The number of nitrogens with one attached hydrogen (secondary N) is 5. The van der Waals surface area contributed by atoms with Gasteiger partial charge in [0.1, 0.15) is 34.7 Å². The highest BCUT2D eigenvalue weighted by atomic mass is 19.1. The number of rotatable bonds is 22. The number of benzene rings is 2. The van der Waals surface area contributed by atoms with Gasteiger partial charge >= 0.3 is 24.2 Å². The molecule has 0 aromatic heterocycles. The smallest absolute Gasteiger partial charge is 0.408 e. The van der Waals surface area contributed by atoms with Crippen LogP contribution in [0.4, 0.5) is 18.8 Å². The van der Waals surface area contributed by atoms with Crippen molar-refractivity contribution in [2.24, 2.45) is 11.8 Å². The van der Waals surface area contributed by atoms with Gasteiger partial charge < -0.3 is 50.4 Å². The molecule has 2 aromatic carbocycles. The van der Waals surface area contributed by atoms with Crippen LogP contribution in [0.3, 0.4) is 0 Å². The summed E-state index contributed by atoms with van der Waals surface area (Å²) in [7, 11) is 1.17. The Kier molecular flexibility index (Phi) is 21.8. The summed E-state index contributed by atoms with van der Waals surface area (Å²) in [5.74, 6) is -4.74. The molecule has 1 aliphatic heterocycles. The number of likely N-dealkylation sites (tertiary alicyclic amines) is 1. The van der Waals surface area contributed by atoms with Crippen LogP contribution in [0, 0.1) is 17.7 Å². The first-order chi connectivity index (χ1) is 33.0. The zero-order valence-electron chi connectivity index (χ0n) is 43.6. The number of carbonyl (C=O) groups excluding carboxylic acids is 8. The van der Waals surface area contributed by atoms with E-state index in [9.17, 15) is 42.7 Å². The molecule has 18 nitrogen and oxygen atoms in total. The van der Waals surface area contributed by atoms with Crippen LogP contribution in [0.1, 0.15) is 126 Å². The molecule has 5 atom stereocenters. The molecular formula is C52H77FN6O12. The predicted molar refractivity (Wildman–Crippen MR) is 263 cm³/mol. The Hall–Kier alpha value is -6.27. The van der Waals surface area contributed by atoms with Gasteiger partial charge in [-0.25, -0.2) is 23.6 Å². The molecule has 5 N–H and O–H groups in total. The molecular weight excluding hydrogens is 920 g/mol. The molecule has 0 spiro atoms. The van der Waals surface area contributed by atoms with Crippen molar-refractivity contribution in [1.82, 2.24) is 31.5 Å². The number of ether oxygens (including phenoxy) is 4. The topological polar surface area (TPSA) is 237 Å². The van der Waals surface area contributed by atoms with Crippen molar-refractivity contribution < 1.29 is 61.7 Å². The summed E-state index contributed by atoms with van der Waals surface area (Å²) < 4.78 is 35.1. The van der Waals surface area contributed by atoms with E-state index < -0.39 is 100.0 Å². The molecule has 0 bridgehead atoms. The molecule has 1 aliphatic rings. The van der Waals surface area contributed by atoms with Crippen LogP contribution >= 0.6 is 0 Å². The van der Waals surface area contributed by atoms with E-state index in [1.807, 2.05) is 13.8 Å². The number of hydrogen-bond acceptors (Lipinski definition) is 12. The van der Waals surface area contributed by atoms with E-state index in [1.54, 1.807) is 92.6 Å². The molecule has 394 valence electrons. The third-order valence-corrected chi connectivity index (χ3v) is 11.0. The molecule has 0 saturated carbocycles. The first kappa shape index (κ1) is 59.0. The molecule has 19 heteroatoms. The normalized spacial score (nSPS) is 16.6. The van der Waals surface area contributed by atoms with Crippen molar-refractivity contribution in [2.75, 3.05) is 26.7 Å². The monoisotopic (exact) mass is 997 g/mol. The second-order valence-electron chi connectivity index (χ2n) is 21.5. The van der Waals surface area contributed by atoms with E-state index >= 15 is 0 Å². The largest absolute Gasteiger partial charge is 0.467 e. The van der Waals surface area contributed by atoms with Crippen LogP contribution < -0.4 is 26.6 Å². The number of Topliss-reactive ketones (excluding diaryl/α,β-unsaturated/α-hetero) is 1. The number of esters is 1. The first-order valence-corrected chi connectivity index (χ1v) is 24.2. The number of ketones is 1. The number of methoxy groups -OCH3 is 1. The summed E-state index contributed by atoms with van der Waals surface area (Å²) in [6.07, 6.45) is -1.74. The third-order valence-electron chi connectivity index (χ3n) is 11.0. The molecule has 1 heterocycles. The number of hydrogen-bond donors (Lipinski definition) is 5. The van der Waals surface area contributed by atoms with Crippen molar-refractivity contribution in [3.05, 3.63) is 71.5 Å². The number of nitrogens with zero attached hydrogens (tertiary/aromatic N) is 1. The quantitative estimate of drug-likeness (QED) is 0.0486. The summed E-state index contributed by atoms with van der Waals surface area (Å²) >= 11 is 0. The fraction of sp³-hybridized carbons (Fsp3) is 0.615. The lowest BCUT2D eigenvalue weighted by Crippen LogP contribution is -2.59. The molecule has 0 radical (unpaired) electrons. The Morgan fingerprint density at radius 1 is 0.676 bits per heavy atom. The van der Waals surface area contributed by atoms with Crippen molar-refractivity contribution in [2.45, 2.75) is 168 Å². The highest BCUT2D eigenvalue weighted by molar-refractivity contribution is 5.96. The maximum Gasteiger partial charge on any atom is 0.408 e. The SMILES string of the molecule is COC(=O)C1(NC(=O)OC(C)(C)C)CCN(C(=O)[C@@H](CCCCNC(=O)OC(C)(C)C)NC(=O)[C@H](CC(=O)[C@@H](Cc2ccccc2)NC(=O)[C@@H](Cc2ccc(F)cc2)NC(=O)OC(C)(C)C)CC(C)C)C1. The fourth-order valence-corrected chi connectivity index (χ4v) is 7.88. The lowest BCUT2D eigenvalue weighted by Gasteiger charge is -2.31. The Bertz CT molecular complexity index is 2130. The van der Waals surface area contributed by atoms with Crippen LogP contribution in [-0.4, -0.2) is 120 Å². The lowest BCUT2D eigenvalue weighted by molar-refractivity contribution is -0.148. The predicted octanol–water partition coefficient (Wildman–Crippen LogP) is 6.46. The number of halogens is 1. The van der Waals surface area contributed by atoms with Gasteiger partial charge in [0, 0.05) is 38.3 Å². The number of amides is 6. The Balaban J connectivity index is 1.94. The van der Waals surface area contributed by atoms with E-state index in [-0.39, 0.29) is 64.1 Å². The van der Waals surface area contributed by atoms with Gasteiger partial charge in [-0.1, -0.05) is 56.3 Å².